The maximum Gasteiger partial charge on any atom is 0.428 e. The summed E-state index contributed by atoms with van der Waals surface area (Å²) in [5.41, 5.74) is 0. The van der Waals surface area contributed by atoms with Gasteiger partial charge in [0.25, 0.3) is 0 Å². The molecule has 0 aliphatic heterocycles. The Balaban J connectivity index is 3.23. The van der Waals surface area contributed by atoms with Crippen molar-refractivity contribution >= 4 is 0 Å². The Morgan fingerprint density at radius 3 is 1.72 bits per heavy atom. The van der Waals surface area contributed by atoms with Crippen molar-refractivity contribution in [3.8, 4) is 23.0 Å². The molecule has 1 atom stereocenters. The van der Waals surface area contributed by atoms with E-state index < -0.39 is 62.5 Å². The summed E-state index contributed by atoms with van der Waals surface area (Å²) in [7, 11) is 0. The zero-order valence-electron chi connectivity index (χ0n) is 12.7. The third kappa shape index (κ3) is 6.16. The van der Waals surface area contributed by atoms with Gasteiger partial charge in [0.1, 0.15) is 6.61 Å². The molecule has 0 bridgehead atoms. The molecule has 1 aromatic rings. The van der Waals surface area contributed by atoms with Crippen molar-refractivity contribution in [2.45, 2.75) is 12.3 Å². The van der Waals surface area contributed by atoms with E-state index in [2.05, 4.69) is 25.5 Å². The SMILES string of the molecule is C=COCC(Oc1cc(OCF)c(OCF)cc1OCF)C(F)(F)F. The molecule has 0 aromatic heterocycles. The van der Waals surface area contributed by atoms with E-state index in [9.17, 15) is 26.3 Å². The fourth-order valence-corrected chi connectivity index (χ4v) is 1.63. The van der Waals surface area contributed by atoms with Gasteiger partial charge < -0.3 is 23.7 Å². The molecular weight excluding hydrogens is 362 g/mol. The summed E-state index contributed by atoms with van der Waals surface area (Å²) in [6.07, 6.45) is -6.55. The summed E-state index contributed by atoms with van der Waals surface area (Å²) in [6, 6.07) is 1.56. The van der Waals surface area contributed by atoms with Crippen LogP contribution in [0.25, 0.3) is 0 Å². The number of hydrogen-bond donors (Lipinski definition) is 0. The van der Waals surface area contributed by atoms with Crippen LogP contribution in [0.15, 0.2) is 25.0 Å². The van der Waals surface area contributed by atoms with Gasteiger partial charge in [-0.15, -0.1) is 0 Å². The second-order valence-corrected chi connectivity index (χ2v) is 4.15. The van der Waals surface area contributed by atoms with Crippen LogP contribution in [-0.2, 0) is 4.74 Å². The van der Waals surface area contributed by atoms with Gasteiger partial charge in [-0.05, 0) is 0 Å². The van der Waals surface area contributed by atoms with E-state index in [1.807, 2.05) is 0 Å². The molecule has 0 fully saturated rings. The van der Waals surface area contributed by atoms with Crippen LogP contribution < -0.4 is 18.9 Å². The second kappa shape index (κ2) is 9.74. The molecule has 0 saturated heterocycles. The minimum atomic E-state index is -4.86. The van der Waals surface area contributed by atoms with Gasteiger partial charge >= 0.3 is 6.18 Å². The van der Waals surface area contributed by atoms with Crippen LogP contribution in [0.1, 0.15) is 0 Å². The molecule has 0 N–H and O–H groups in total. The second-order valence-electron chi connectivity index (χ2n) is 4.15. The standard InChI is InChI=1S/C14H14F6O5/c1-2-21-5-13(14(18,19)20)25-12-4-10(23-7-16)9(22-6-15)3-11(12)24-8-17/h2-4,13H,1,5-8H2. The van der Waals surface area contributed by atoms with Crippen LogP contribution in [0.5, 0.6) is 23.0 Å². The lowest BCUT2D eigenvalue weighted by Gasteiger charge is -2.23. The average Bonchev–Trinajstić information content (AvgIpc) is 2.54. The third-order valence-corrected chi connectivity index (χ3v) is 2.64. The molecule has 0 saturated carbocycles. The highest BCUT2D eigenvalue weighted by Gasteiger charge is 2.43. The largest absolute Gasteiger partial charge is 0.498 e. The predicted octanol–water partition coefficient (Wildman–Crippen LogP) is 4.07. The van der Waals surface area contributed by atoms with E-state index in [-0.39, 0.29) is 0 Å². The lowest BCUT2D eigenvalue weighted by atomic mass is 10.2. The van der Waals surface area contributed by atoms with Gasteiger partial charge in [-0.1, -0.05) is 6.58 Å². The molecule has 1 unspecified atom stereocenters. The molecule has 0 radical (unpaired) electrons. The lowest BCUT2D eigenvalue weighted by molar-refractivity contribution is -0.204. The Bertz CT molecular complexity index is 551. The first-order valence-electron chi connectivity index (χ1n) is 6.57. The van der Waals surface area contributed by atoms with Gasteiger partial charge in [0.05, 0.1) is 6.26 Å². The maximum atomic E-state index is 13.0. The molecule has 1 aromatic carbocycles. The first-order valence-corrected chi connectivity index (χ1v) is 6.57. The molecule has 5 nitrogen and oxygen atoms in total. The quantitative estimate of drug-likeness (QED) is 0.430. The fourth-order valence-electron chi connectivity index (χ4n) is 1.63. The summed E-state index contributed by atoms with van der Waals surface area (Å²) in [5.74, 6) is -2.05. The molecule has 11 heteroatoms. The smallest absolute Gasteiger partial charge is 0.428 e. The first-order chi connectivity index (χ1) is 11.9. The van der Waals surface area contributed by atoms with Gasteiger partial charge in [-0.25, -0.2) is 13.2 Å². The van der Waals surface area contributed by atoms with Gasteiger partial charge in [-0.3, -0.25) is 0 Å². The van der Waals surface area contributed by atoms with Crippen molar-refractivity contribution < 1.29 is 50.0 Å². The summed E-state index contributed by atoms with van der Waals surface area (Å²) < 4.78 is 98.8. The Labute approximate surface area is 138 Å². The number of ether oxygens (including phenoxy) is 5. The van der Waals surface area contributed by atoms with E-state index >= 15 is 0 Å². The first kappa shape index (κ1) is 20.6. The maximum absolute atomic E-state index is 13.0. The monoisotopic (exact) mass is 376 g/mol. The van der Waals surface area contributed by atoms with Gasteiger partial charge in [0.2, 0.25) is 26.7 Å². The Morgan fingerprint density at radius 1 is 0.880 bits per heavy atom. The minimum Gasteiger partial charge on any atom is -0.498 e. The topological polar surface area (TPSA) is 46.2 Å². The molecule has 25 heavy (non-hydrogen) atoms. The van der Waals surface area contributed by atoms with E-state index in [0.717, 1.165) is 18.4 Å². The van der Waals surface area contributed by atoms with Crippen LogP contribution in [0, 0.1) is 0 Å². The third-order valence-electron chi connectivity index (χ3n) is 2.64. The molecule has 1 rings (SSSR count). The Hall–Kier alpha value is -2.46. The predicted molar refractivity (Wildman–Crippen MR) is 72.9 cm³/mol. The molecule has 0 heterocycles. The summed E-state index contributed by atoms with van der Waals surface area (Å²) in [4.78, 5) is 0. The van der Waals surface area contributed by atoms with Crippen molar-refractivity contribution in [1.29, 1.82) is 0 Å². The van der Waals surface area contributed by atoms with Gasteiger partial charge in [-0.2, -0.15) is 13.2 Å². The van der Waals surface area contributed by atoms with Gasteiger partial charge in [0.15, 0.2) is 23.0 Å². The molecule has 142 valence electrons. The van der Waals surface area contributed by atoms with Crippen LogP contribution in [0.3, 0.4) is 0 Å². The average molecular weight is 376 g/mol. The van der Waals surface area contributed by atoms with Crippen molar-refractivity contribution in [1.82, 2.24) is 0 Å². The highest BCUT2D eigenvalue weighted by atomic mass is 19.4. The molecule has 0 amide bonds. The number of alkyl halides is 6. The van der Waals surface area contributed by atoms with E-state index in [4.69, 9.17) is 4.74 Å². The van der Waals surface area contributed by atoms with Crippen molar-refractivity contribution in [2.75, 3.05) is 27.2 Å². The van der Waals surface area contributed by atoms with E-state index in [1.165, 1.54) is 0 Å². The zero-order valence-corrected chi connectivity index (χ0v) is 12.7. The van der Waals surface area contributed by atoms with E-state index in [1.54, 1.807) is 0 Å². The van der Waals surface area contributed by atoms with Crippen molar-refractivity contribution in [2.24, 2.45) is 0 Å². The minimum absolute atomic E-state index is 0.415. The van der Waals surface area contributed by atoms with Crippen LogP contribution in [-0.4, -0.2) is 39.5 Å². The number of rotatable bonds is 11. The Morgan fingerprint density at radius 2 is 1.32 bits per heavy atom. The number of halogens is 6. The summed E-state index contributed by atoms with van der Waals surface area (Å²) in [5, 5.41) is 0. The normalized spacial score (nSPS) is 12.2. The van der Waals surface area contributed by atoms with E-state index in [0.29, 0.717) is 0 Å². The molecule has 0 aliphatic rings. The van der Waals surface area contributed by atoms with Crippen LogP contribution >= 0.6 is 0 Å². The molecular formula is C14H14F6O5. The summed E-state index contributed by atoms with van der Waals surface area (Å²) in [6.45, 7) is -2.00. The van der Waals surface area contributed by atoms with Gasteiger partial charge in [0, 0.05) is 12.1 Å². The number of benzene rings is 1. The van der Waals surface area contributed by atoms with Crippen LogP contribution in [0.2, 0.25) is 0 Å². The highest BCUT2D eigenvalue weighted by molar-refractivity contribution is 5.54. The lowest BCUT2D eigenvalue weighted by Crippen LogP contribution is -2.38. The highest BCUT2D eigenvalue weighted by Crippen LogP contribution is 2.41. The van der Waals surface area contributed by atoms with Crippen LogP contribution in [0.4, 0.5) is 26.3 Å². The zero-order chi connectivity index (χ0) is 18.9. The summed E-state index contributed by atoms with van der Waals surface area (Å²) >= 11 is 0. The fraction of sp³-hybridized carbons (Fsp3) is 0.429. The van der Waals surface area contributed by atoms with Crippen molar-refractivity contribution in [3.05, 3.63) is 25.0 Å². The Kier molecular flexibility index (Phi) is 8.02. The number of hydrogen-bond acceptors (Lipinski definition) is 5. The molecule has 0 spiro atoms. The molecule has 0 aliphatic carbocycles. The van der Waals surface area contributed by atoms with Crippen molar-refractivity contribution in [3.63, 3.8) is 0 Å².